The SMILES string of the molecule is CC(Sc1nnnn1-c1cccc(F)c1)C(=O)Nc1ccccc1F. The lowest BCUT2D eigenvalue weighted by Crippen LogP contribution is -2.23. The largest absolute Gasteiger partial charge is 0.323 e. The minimum atomic E-state index is -0.599. The van der Waals surface area contributed by atoms with Crippen LogP contribution < -0.4 is 5.32 Å². The second-order valence-corrected chi connectivity index (χ2v) is 6.39. The number of carbonyl (C=O) groups is 1. The van der Waals surface area contributed by atoms with E-state index in [9.17, 15) is 13.6 Å². The third kappa shape index (κ3) is 4.00. The summed E-state index contributed by atoms with van der Waals surface area (Å²) in [6.07, 6.45) is 0. The summed E-state index contributed by atoms with van der Waals surface area (Å²) < 4.78 is 28.3. The van der Waals surface area contributed by atoms with Crippen molar-refractivity contribution < 1.29 is 13.6 Å². The number of aromatic nitrogens is 4. The average Bonchev–Trinajstić information content (AvgIpc) is 3.05. The van der Waals surface area contributed by atoms with Crippen molar-refractivity contribution in [2.24, 2.45) is 0 Å². The number of carbonyl (C=O) groups excluding carboxylic acids is 1. The van der Waals surface area contributed by atoms with E-state index >= 15 is 0 Å². The molecule has 9 heteroatoms. The van der Waals surface area contributed by atoms with E-state index in [1.54, 1.807) is 19.1 Å². The van der Waals surface area contributed by atoms with Crippen LogP contribution in [0.2, 0.25) is 0 Å². The van der Waals surface area contributed by atoms with Gasteiger partial charge in [-0.15, -0.1) is 5.10 Å². The first-order valence-corrected chi connectivity index (χ1v) is 8.19. The Balaban J connectivity index is 1.74. The van der Waals surface area contributed by atoms with Crippen LogP contribution in [0.25, 0.3) is 5.69 Å². The summed E-state index contributed by atoms with van der Waals surface area (Å²) in [5.74, 6) is -1.34. The number of anilines is 1. The van der Waals surface area contributed by atoms with Crippen LogP contribution in [-0.4, -0.2) is 31.4 Å². The van der Waals surface area contributed by atoms with E-state index in [-0.39, 0.29) is 5.69 Å². The summed E-state index contributed by atoms with van der Waals surface area (Å²) in [6.45, 7) is 1.64. The molecule has 0 radical (unpaired) electrons. The summed E-state index contributed by atoms with van der Waals surface area (Å²) >= 11 is 1.08. The highest BCUT2D eigenvalue weighted by Gasteiger charge is 2.20. The van der Waals surface area contributed by atoms with E-state index < -0.39 is 22.8 Å². The molecule has 1 N–H and O–H groups in total. The van der Waals surface area contributed by atoms with E-state index in [0.717, 1.165) is 11.8 Å². The summed E-state index contributed by atoms with van der Waals surface area (Å²) in [4.78, 5) is 12.3. The van der Waals surface area contributed by atoms with Gasteiger partial charge in [0.1, 0.15) is 11.6 Å². The molecule has 1 amide bonds. The number of hydrogen-bond donors (Lipinski definition) is 1. The Morgan fingerprint density at radius 1 is 1.20 bits per heavy atom. The fourth-order valence-corrected chi connectivity index (χ4v) is 2.84. The van der Waals surface area contributed by atoms with Crippen LogP contribution >= 0.6 is 11.8 Å². The van der Waals surface area contributed by atoms with Gasteiger partial charge in [0.25, 0.3) is 0 Å². The van der Waals surface area contributed by atoms with Gasteiger partial charge in [0, 0.05) is 0 Å². The summed E-state index contributed by atoms with van der Waals surface area (Å²) in [5, 5.41) is 13.5. The Morgan fingerprint density at radius 2 is 2.00 bits per heavy atom. The quantitative estimate of drug-likeness (QED) is 0.707. The Morgan fingerprint density at radius 3 is 2.76 bits per heavy atom. The first-order chi connectivity index (χ1) is 12.0. The molecule has 0 saturated heterocycles. The number of amides is 1. The van der Waals surface area contributed by atoms with Gasteiger partial charge in [0.05, 0.1) is 16.6 Å². The molecule has 2 aromatic carbocycles. The molecule has 1 atom stereocenters. The second kappa shape index (κ2) is 7.39. The third-order valence-corrected chi connectivity index (χ3v) is 4.31. The topological polar surface area (TPSA) is 72.7 Å². The van der Waals surface area contributed by atoms with Crippen molar-refractivity contribution in [1.29, 1.82) is 0 Å². The number of nitrogens with zero attached hydrogens (tertiary/aromatic N) is 4. The maximum atomic E-state index is 13.6. The molecular formula is C16H13F2N5OS. The number of benzene rings is 2. The van der Waals surface area contributed by atoms with Crippen molar-refractivity contribution in [2.75, 3.05) is 5.32 Å². The highest BCUT2D eigenvalue weighted by atomic mass is 32.2. The monoisotopic (exact) mass is 361 g/mol. The van der Waals surface area contributed by atoms with Gasteiger partial charge in [0.15, 0.2) is 0 Å². The Labute approximate surface area is 146 Å². The molecule has 1 unspecified atom stereocenters. The molecule has 3 aromatic rings. The van der Waals surface area contributed by atoms with Crippen LogP contribution in [-0.2, 0) is 4.79 Å². The molecule has 0 fully saturated rings. The van der Waals surface area contributed by atoms with E-state index in [4.69, 9.17) is 0 Å². The molecule has 1 aromatic heterocycles. The summed E-state index contributed by atoms with van der Waals surface area (Å²) in [5.41, 5.74) is 0.541. The van der Waals surface area contributed by atoms with Gasteiger partial charge in [-0.3, -0.25) is 4.79 Å². The Hall–Kier alpha value is -2.81. The number of hydrogen-bond acceptors (Lipinski definition) is 5. The molecule has 128 valence electrons. The standard InChI is InChI=1S/C16H13F2N5OS/c1-10(15(24)19-14-8-3-2-7-13(14)18)25-16-20-21-22-23(16)12-6-4-5-11(17)9-12/h2-10H,1H3,(H,19,24). The third-order valence-electron chi connectivity index (χ3n) is 3.28. The van der Waals surface area contributed by atoms with Crippen molar-refractivity contribution in [3.63, 3.8) is 0 Å². The molecule has 0 bridgehead atoms. The average molecular weight is 361 g/mol. The molecule has 1 heterocycles. The smallest absolute Gasteiger partial charge is 0.237 e. The van der Waals surface area contributed by atoms with Crippen molar-refractivity contribution in [1.82, 2.24) is 20.2 Å². The molecule has 0 saturated carbocycles. The predicted molar refractivity (Wildman–Crippen MR) is 89.5 cm³/mol. The zero-order chi connectivity index (χ0) is 17.8. The number of nitrogens with one attached hydrogen (secondary N) is 1. The molecule has 25 heavy (non-hydrogen) atoms. The minimum absolute atomic E-state index is 0.102. The number of rotatable bonds is 5. The first kappa shape index (κ1) is 17.0. The van der Waals surface area contributed by atoms with Gasteiger partial charge in [-0.1, -0.05) is 30.0 Å². The lowest BCUT2D eigenvalue weighted by atomic mass is 10.3. The van der Waals surface area contributed by atoms with E-state index in [1.807, 2.05) is 0 Å². The molecule has 0 spiro atoms. The number of tetrazole rings is 1. The summed E-state index contributed by atoms with van der Waals surface area (Å²) in [7, 11) is 0. The van der Waals surface area contributed by atoms with Crippen molar-refractivity contribution in [3.05, 3.63) is 60.2 Å². The van der Waals surface area contributed by atoms with Gasteiger partial charge in [-0.2, -0.15) is 4.68 Å². The molecule has 0 aliphatic heterocycles. The lowest BCUT2D eigenvalue weighted by Gasteiger charge is -2.12. The normalized spacial score (nSPS) is 12.0. The van der Waals surface area contributed by atoms with Gasteiger partial charge >= 0.3 is 0 Å². The molecule has 0 aliphatic rings. The van der Waals surface area contributed by atoms with Crippen molar-refractivity contribution >= 4 is 23.4 Å². The van der Waals surface area contributed by atoms with Crippen molar-refractivity contribution in [2.45, 2.75) is 17.3 Å². The molecule has 0 aliphatic carbocycles. The highest BCUT2D eigenvalue weighted by Crippen LogP contribution is 2.24. The number of thioether (sulfide) groups is 1. The van der Waals surface area contributed by atoms with Gasteiger partial charge in [-0.25, -0.2) is 8.78 Å². The Bertz CT molecular complexity index is 901. The van der Waals surface area contributed by atoms with Gasteiger partial charge < -0.3 is 5.32 Å². The van der Waals surface area contributed by atoms with Crippen LogP contribution in [0.1, 0.15) is 6.92 Å². The zero-order valence-corrected chi connectivity index (χ0v) is 13.9. The second-order valence-electron chi connectivity index (χ2n) is 5.08. The van der Waals surface area contributed by atoms with Crippen LogP contribution in [0.15, 0.2) is 53.7 Å². The van der Waals surface area contributed by atoms with Crippen LogP contribution in [0.3, 0.4) is 0 Å². The van der Waals surface area contributed by atoms with E-state index in [2.05, 4.69) is 20.8 Å². The summed E-state index contributed by atoms with van der Waals surface area (Å²) in [6, 6.07) is 11.7. The van der Waals surface area contributed by atoms with Gasteiger partial charge in [0.2, 0.25) is 11.1 Å². The van der Waals surface area contributed by atoms with Crippen LogP contribution in [0, 0.1) is 11.6 Å². The first-order valence-electron chi connectivity index (χ1n) is 7.31. The van der Waals surface area contributed by atoms with E-state index in [0.29, 0.717) is 10.8 Å². The molecule has 6 nitrogen and oxygen atoms in total. The maximum Gasteiger partial charge on any atom is 0.237 e. The molecular weight excluding hydrogens is 348 g/mol. The number of halogens is 2. The highest BCUT2D eigenvalue weighted by molar-refractivity contribution is 8.00. The maximum absolute atomic E-state index is 13.6. The van der Waals surface area contributed by atoms with Crippen molar-refractivity contribution in [3.8, 4) is 5.69 Å². The predicted octanol–water partition coefficient (Wildman–Crippen LogP) is 3.06. The van der Waals surface area contributed by atoms with E-state index in [1.165, 1.54) is 41.1 Å². The number of para-hydroxylation sites is 1. The van der Waals surface area contributed by atoms with Crippen LogP contribution in [0.4, 0.5) is 14.5 Å². The minimum Gasteiger partial charge on any atom is -0.323 e. The fourth-order valence-electron chi connectivity index (χ4n) is 2.03. The fraction of sp³-hybridized carbons (Fsp3) is 0.125. The zero-order valence-electron chi connectivity index (χ0n) is 13.1. The Kier molecular flexibility index (Phi) is 5.03. The molecule has 3 rings (SSSR count). The van der Waals surface area contributed by atoms with Gasteiger partial charge in [-0.05, 0) is 47.7 Å². The van der Waals surface area contributed by atoms with Crippen LogP contribution in [0.5, 0.6) is 0 Å². The lowest BCUT2D eigenvalue weighted by molar-refractivity contribution is -0.115.